The molecule has 2 aromatic rings. The number of anilines is 1. The van der Waals surface area contributed by atoms with Crippen LogP contribution in [0.2, 0.25) is 0 Å². The zero-order valence-corrected chi connectivity index (χ0v) is 11.6. The second-order valence-corrected chi connectivity index (χ2v) is 4.43. The molecule has 0 fully saturated rings. The van der Waals surface area contributed by atoms with Gasteiger partial charge in [-0.1, -0.05) is 42.0 Å². The maximum absolute atomic E-state index is 11.9. The predicted molar refractivity (Wildman–Crippen MR) is 81.8 cm³/mol. The van der Waals surface area contributed by atoms with E-state index >= 15 is 0 Å². The van der Waals surface area contributed by atoms with Gasteiger partial charge in [-0.25, -0.2) is 0 Å². The Labute approximate surface area is 118 Å². The first-order valence-corrected chi connectivity index (χ1v) is 6.38. The van der Waals surface area contributed by atoms with Crippen LogP contribution in [0.15, 0.2) is 54.6 Å². The number of carbonyl (C=O) groups excluding carboxylic acids is 1. The number of ether oxygens (including phenoxy) is 1. The molecule has 1 N–H and O–H groups in total. The molecule has 102 valence electrons. The molecule has 0 aliphatic heterocycles. The van der Waals surface area contributed by atoms with E-state index in [1.807, 2.05) is 43.3 Å². The number of amides is 1. The molecule has 3 nitrogen and oxygen atoms in total. The molecule has 0 radical (unpaired) electrons. The third kappa shape index (κ3) is 3.72. The van der Waals surface area contributed by atoms with Crippen molar-refractivity contribution >= 4 is 17.7 Å². The fraction of sp³-hybridized carbons (Fsp3) is 0.118. The highest BCUT2D eigenvalue weighted by molar-refractivity contribution is 6.02. The molecular formula is C17H17NO2. The van der Waals surface area contributed by atoms with Crippen molar-refractivity contribution in [1.29, 1.82) is 0 Å². The quantitative estimate of drug-likeness (QED) is 0.859. The molecule has 0 saturated heterocycles. The smallest absolute Gasteiger partial charge is 0.248 e. The molecule has 0 atom stereocenters. The largest absolute Gasteiger partial charge is 0.495 e. The van der Waals surface area contributed by atoms with Crippen LogP contribution in [-0.4, -0.2) is 13.0 Å². The van der Waals surface area contributed by atoms with E-state index in [4.69, 9.17) is 4.74 Å². The van der Waals surface area contributed by atoms with E-state index in [-0.39, 0.29) is 5.91 Å². The zero-order valence-electron chi connectivity index (χ0n) is 11.6. The van der Waals surface area contributed by atoms with Gasteiger partial charge < -0.3 is 10.1 Å². The number of para-hydroxylation sites is 2. The van der Waals surface area contributed by atoms with Crippen LogP contribution in [-0.2, 0) is 4.79 Å². The summed E-state index contributed by atoms with van der Waals surface area (Å²) in [5.74, 6) is 0.458. The Bertz CT molecular complexity index is 615. The summed E-state index contributed by atoms with van der Waals surface area (Å²) >= 11 is 0. The highest BCUT2D eigenvalue weighted by atomic mass is 16.5. The van der Waals surface area contributed by atoms with Gasteiger partial charge >= 0.3 is 0 Å². The second kappa shape index (κ2) is 6.57. The van der Waals surface area contributed by atoms with Crippen molar-refractivity contribution in [3.8, 4) is 5.75 Å². The van der Waals surface area contributed by atoms with Crippen LogP contribution in [0.5, 0.6) is 5.75 Å². The molecule has 0 aliphatic carbocycles. The van der Waals surface area contributed by atoms with Crippen molar-refractivity contribution in [1.82, 2.24) is 0 Å². The molecule has 20 heavy (non-hydrogen) atoms. The van der Waals surface area contributed by atoms with Crippen LogP contribution in [0.1, 0.15) is 11.1 Å². The number of carbonyl (C=O) groups is 1. The van der Waals surface area contributed by atoms with Crippen molar-refractivity contribution in [2.45, 2.75) is 6.92 Å². The second-order valence-electron chi connectivity index (χ2n) is 4.43. The van der Waals surface area contributed by atoms with Crippen molar-refractivity contribution < 1.29 is 9.53 Å². The van der Waals surface area contributed by atoms with Gasteiger partial charge in [0.15, 0.2) is 0 Å². The van der Waals surface area contributed by atoms with Crippen LogP contribution < -0.4 is 10.1 Å². The Morgan fingerprint density at radius 2 is 1.80 bits per heavy atom. The predicted octanol–water partition coefficient (Wildman–Crippen LogP) is 3.66. The SMILES string of the molecule is COc1ccccc1NC(=O)/C=C/c1ccc(C)cc1. The van der Waals surface area contributed by atoms with Gasteiger partial charge in [-0.05, 0) is 30.7 Å². The van der Waals surface area contributed by atoms with Gasteiger partial charge in [0.25, 0.3) is 0 Å². The lowest BCUT2D eigenvalue weighted by Crippen LogP contribution is -2.08. The first kappa shape index (κ1) is 13.9. The molecular weight excluding hydrogens is 250 g/mol. The third-order valence-corrected chi connectivity index (χ3v) is 2.87. The Hall–Kier alpha value is -2.55. The van der Waals surface area contributed by atoms with Gasteiger partial charge in [-0.2, -0.15) is 0 Å². The van der Waals surface area contributed by atoms with Crippen LogP contribution >= 0.6 is 0 Å². The normalized spacial score (nSPS) is 10.5. The van der Waals surface area contributed by atoms with Crippen molar-refractivity contribution in [2.75, 3.05) is 12.4 Å². The average molecular weight is 267 g/mol. The first-order chi connectivity index (χ1) is 9.69. The number of methoxy groups -OCH3 is 1. The highest BCUT2D eigenvalue weighted by Gasteiger charge is 2.03. The monoisotopic (exact) mass is 267 g/mol. The van der Waals surface area contributed by atoms with Gasteiger partial charge in [0.2, 0.25) is 5.91 Å². The standard InChI is InChI=1S/C17H17NO2/c1-13-7-9-14(10-8-13)11-12-17(19)18-15-5-3-4-6-16(15)20-2/h3-12H,1-2H3,(H,18,19)/b12-11+. The third-order valence-electron chi connectivity index (χ3n) is 2.87. The molecule has 0 bridgehead atoms. The van der Waals surface area contributed by atoms with E-state index in [2.05, 4.69) is 5.32 Å². The lowest BCUT2D eigenvalue weighted by atomic mass is 10.1. The lowest BCUT2D eigenvalue weighted by molar-refractivity contribution is -0.111. The number of nitrogens with one attached hydrogen (secondary N) is 1. The van der Waals surface area contributed by atoms with Gasteiger partial charge in [0.05, 0.1) is 12.8 Å². The summed E-state index contributed by atoms with van der Waals surface area (Å²) in [4.78, 5) is 11.9. The summed E-state index contributed by atoms with van der Waals surface area (Å²) in [6, 6.07) is 15.3. The minimum atomic E-state index is -0.185. The molecule has 0 unspecified atom stereocenters. The minimum absolute atomic E-state index is 0.185. The van der Waals surface area contributed by atoms with E-state index in [9.17, 15) is 4.79 Å². The molecule has 0 aliphatic rings. The summed E-state index contributed by atoms with van der Waals surface area (Å²) in [5.41, 5.74) is 2.85. The van der Waals surface area contributed by atoms with Crippen molar-refractivity contribution in [3.05, 3.63) is 65.7 Å². The maximum atomic E-state index is 11.9. The topological polar surface area (TPSA) is 38.3 Å². The number of rotatable bonds is 4. The number of aryl methyl sites for hydroxylation is 1. The molecule has 0 heterocycles. The van der Waals surface area contributed by atoms with Gasteiger partial charge in [0, 0.05) is 6.08 Å². The Kier molecular flexibility index (Phi) is 4.56. The Morgan fingerprint density at radius 1 is 1.10 bits per heavy atom. The summed E-state index contributed by atoms with van der Waals surface area (Å²) in [6.07, 6.45) is 3.29. The fourth-order valence-electron chi connectivity index (χ4n) is 1.77. The lowest BCUT2D eigenvalue weighted by Gasteiger charge is -2.07. The van der Waals surface area contributed by atoms with Crippen LogP contribution in [0.25, 0.3) is 6.08 Å². The molecule has 0 aromatic heterocycles. The summed E-state index contributed by atoms with van der Waals surface area (Å²) in [6.45, 7) is 2.03. The summed E-state index contributed by atoms with van der Waals surface area (Å²) in [5, 5.41) is 2.79. The fourth-order valence-corrected chi connectivity index (χ4v) is 1.77. The van der Waals surface area contributed by atoms with E-state index in [0.29, 0.717) is 11.4 Å². The molecule has 0 spiro atoms. The zero-order chi connectivity index (χ0) is 14.4. The molecule has 3 heteroatoms. The Morgan fingerprint density at radius 3 is 2.50 bits per heavy atom. The molecule has 2 rings (SSSR count). The van der Waals surface area contributed by atoms with Crippen LogP contribution in [0.4, 0.5) is 5.69 Å². The first-order valence-electron chi connectivity index (χ1n) is 6.38. The van der Waals surface area contributed by atoms with Gasteiger partial charge in [-0.15, -0.1) is 0 Å². The van der Waals surface area contributed by atoms with Crippen LogP contribution in [0.3, 0.4) is 0 Å². The van der Waals surface area contributed by atoms with Gasteiger partial charge in [0.1, 0.15) is 5.75 Å². The van der Waals surface area contributed by atoms with E-state index in [1.54, 1.807) is 25.3 Å². The number of hydrogen-bond donors (Lipinski definition) is 1. The van der Waals surface area contributed by atoms with E-state index < -0.39 is 0 Å². The Balaban J connectivity index is 2.03. The van der Waals surface area contributed by atoms with Crippen LogP contribution in [0, 0.1) is 6.92 Å². The minimum Gasteiger partial charge on any atom is -0.495 e. The highest BCUT2D eigenvalue weighted by Crippen LogP contribution is 2.22. The summed E-state index contributed by atoms with van der Waals surface area (Å²) in [7, 11) is 1.58. The molecule has 1 amide bonds. The van der Waals surface area contributed by atoms with E-state index in [0.717, 1.165) is 5.56 Å². The molecule has 0 saturated carbocycles. The van der Waals surface area contributed by atoms with E-state index in [1.165, 1.54) is 11.6 Å². The van der Waals surface area contributed by atoms with Crippen molar-refractivity contribution in [3.63, 3.8) is 0 Å². The summed E-state index contributed by atoms with van der Waals surface area (Å²) < 4.78 is 5.18. The number of benzene rings is 2. The molecule has 2 aromatic carbocycles. The number of hydrogen-bond acceptors (Lipinski definition) is 2. The van der Waals surface area contributed by atoms with Gasteiger partial charge in [-0.3, -0.25) is 4.79 Å². The average Bonchev–Trinajstić information content (AvgIpc) is 2.47. The van der Waals surface area contributed by atoms with Crippen molar-refractivity contribution in [2.24, 2.45) is 0 Å². The maximum Gasteiger partial charge on any atom is 0.248 e.